The number of carbonyl (C=O) groups is 2. The van der Waals surface area contributed by atoms with Gasteiger partial charge in [-0.1, -0.05) is 0 Å². The largest absolute Gasteiger partial charge is 0.475 e. The Bertz CT molecular complexity index is 387. The fourth-order valence-corrected chi connectivity index (χ4v) is 1.03. The molecule has 1 heterocycles. The molecule has 2 N–H and O–H groups in total. The van der Waals surface area contributed by atoms with E-state index < -0.39 is 5.97 Å². The number of nitrogens with one attached hydrogen (secondary N) is 1. The normalized spacial score (nSPS) is 11.9. The van der Waals surface area contributed by atoms with Gasteiger partial charge in [0.2, 0.25) is 11.7 Å². The van der Waals surface area contributed by atoms with Crippen LogP contribution in [0.15, 0.2) is 10.6 Å². The Balaban J connectivity index is 2.42. The summed E-state index contributed by atoms with van der Waals surface area (Å²) in [6.07, 6.45) is 0. The maximum Gasteiger partial charge on any atom is 0.374 e. The molecule has 16 heavy (non-hydrogen) atoms. The maximum absolute atomic E-state index is 10.7. The van der Waals surface area contributed by atoms with Crippen molar-refractivity contribution in [2.75, 3.05) is 6.61 Å². The highest BCUT2D eigenvalue weighted by Crippen LogP contribution is 2.11. The number of rotatable bonds is 5. The third-order valence-electron chi connectivity index (χ3n) is 1.63. The molecule has 7 nitrogen and oxygen atoms in total. The van der Waals surface area contributed by atoms with Crippen molar-refractivity contribution in [3.63, 3.8) is 0 Å². The molecule has 0 saturated heterocycles. The van der Waals surface area contributed by atoms with Crippen LogP contribution in [0.4, 0.5) is 0 Å². The van der Waals surface area contributed by atoms with Crippen molar-refractivity contribution in [2.45, 2.75) is 19.9 Å². The molecule has 0 unspecified atom stereocenters. The molecule has 0 aliphatic heterocycles. The first-order valence-corrected chi connectivity index (χ1v) is 4.59. The first-order chi connectivity index (χ1) is 7.49. The number of ether oxygens (including phenoxy) is 1. The highest BCUT2D eigenvalue weighted by molar-refractivity contribution is 5.84. The fourth-order valence-electron chi connectivity index (χ4n) is 1.03. The van der Waals surface area contributed by atoms with Gasteiger partial charge in [0.25, 0.3) is 5.88 Å². The van der Waals surface area contributed by atoms with E-state index in [2.05, 4.69) is 15.0 Å². The van der Waals surface area contributed by atoms with Crippen LogP contribution in [0.2, 0.25) is 0 Å². The van der Waals surface area contributed by atoms with Crippen molar-refractivity contribution in [1.29, 1.82) is 0 Å². The molecule has 0 bridgehead atoms. The number of amides is 1. The molecular formula is C9H12N2O5. The van der Waals surface area contributed by atoms with Gasteiger partial charge in [-0.05, 0) is 12.1 Å². The fraction of sp³-hybridized carbons (Fsp3) is 0.444. The molecule has 0 radical (unpaired) electrons. The zero-order chi connectivity index (χ0) is 12.1. The number of carbonyl (C=O) groups excluding carboxylic acids is 1. The van der Waals surface area contributed by atoms with E-state index in [9.17, 15) is 9.59 Å². The standard InChI is InChI=1S/C9H12N2O5/c1-5(10-6(2)12)4-15-8-3-7(9(13)14)16-11-8/h3,5H,4H2,1-2H3,(H,10,12)(H,13,14)/t5-/m0/s1. The Morgan fingerprint density at radius 1 is 1.69 bits per heavy atom. The number of carboxylic acids is 1. The number of hydrogen-bond donors (Lipinski definition) is 2. The van der Waals surface area contributed by atoms with Crippen LogP contribution in [-0.2, 0) is 4.79 Å². The number of nitrogens with zero attached hydrogens (tertiary/aromatic N) is 1. The molecule has 0 aromatic carbocycles. The molecule has 0 saturated carbocycles. The second-order valence-corrected chi connectivity index (χ2v) is 3.25. The summed E-state index contributed by atoms with van der Waals surface area (Å²) in [4.78, 5) is 21.1. The summed E-state index contributed by atoms with van der Waals surface area (Å²) in [6.45, 7) is 3.33. The van der Waals surface area contributed by atoms with Crippen LogP contribution in [-0.4, -0.2) is 34.8 Å². The SMILES string of the molecule is CC(=O)N[C@@H](C)COc1cc(C(=O)O)on1. The molecular weight excluding hydrogens is 216 g/mol. The molecule has 0 fully saturated rings. The van der Waals surface area contributed by atoms with E-state index in [4.69, 9.17) is 9.84 Å². The lowest BCUT2D eigenvalue weighted by Crippen LogP contribution is -2.35. The van der Waals surface area contributed by atoms with Crippen molar-refractivity contribution >= 4 is 11.9 Å². The lowest BCUT2D eigenvalue weighted by Gasteiger charge is -2.11. The second-order valence-electron chi connectivity index (χ2n) is 3.25. The van der Waals surface area contributed by atoms with E-state index in [0.29, 0.717) is 0 Å². The minimum absolute atomic E-state index is 0.0783. The summed E-state index contributed by atoms with van der Waals surface area (Å²) in [5.74, 6) is -1.59. The zero-order valence-corrected chi connectivity index (χ0v) is 8.89. The molecule has 7 heteroatoms. The van der Waals surface area contributed by atoms with Gasteiger partial charge in [-0.15, -0.1) is 0 Å². The van der Waals surface area contributed by atoms with Gasteiger partial charge >= 0.3 is 5.97 Å². The molecule has 0 spiro atoms. The summed E-state index contributed by atoms with van der Waals surface area (Å²) >= 11 is 0. The Kier molecular flexibility index (Phi) is 3.87. The Hall–Kier alpha value is -2.05. The molecule has 1 atom stereocenters. The van der Waals surface area contributed by atoms with Crippen LogP contribution in [0.25, 0.3) is 0 Å². The molecule has 1 amide bonds. The second kappa shape index (κ2) is 5.15. The van der Waals surface area contributed by atoms with Crippen LogP contribution >= 0.6 is 0 Å². The molecule has 0 aliphatic carbocycles. The minimum Gasteiger partial charge on any atom is -0.475 e. The molecule has 0 aliphatic rings. The van der Waals surface area contributed by atoms with Gasteiger partial charge in [-0.2, -0.15) is 0 Å². The number of aromatic carboxylic acids is 1. The van der Waals surface area contributed by atoms with E-state index in [-0.39, 0.29) is 30.2 Å². The highest BCUT2D eigenvalue weighted by Gasteiger charge is 2.12. The summed E-state index contributed by atoms with van der Waals surface area (Å²) in [7, 11) is 0. The van der Waals surface area contributed by atoms with Crippen LogP contribution < -0.4 is 10.1 Å². The van der Waals surface area contributed by atoms with Gasteiger partial charge in [0, 0.05) is 6.92 Å². The third kappa shape index (κ3) is 3.60. The van der Waals surface area contributed by atoms with Gasteiger partial charge < -0.3 is 19.7 Å². The lowest BCUT2D eigenvalue weighted by molar-refractivity contribution is -0.119. The van der Waals surface area contributed by atoms with Crippen molar-refractivity contribution in [3.05, 3.63) is 11.8 Å². The van der Waals surface area contributed by atoms with E-state index in [1.54, 1.807) is 6.92 Å². The van der Waals surface area contributed by atoms with Gasteiger partial charge in [-0.25, -0.2) is 4.79 Å². The zero-order valence-electron chi connectivity index (χ0n) is 8.89. The molecule has 1 aromatic rings. The topological polar surface area (TPSA) is 102 Å². The molecule has 1 rings (SSSR count). The average Bonchev–Trinajstić information content (AvgIpc) is 2.61. The van der Waals surface area contributed by atoms with Gasteiger partial charge in [0.1, 0.15) is 6.61 Å². The Morgan fingerprint density at radius 2 is 2.38 bits per heavy atom. The molecule has 88 valence electrons. The van der Waals surface area contributed by atoms with E-state index in [0.717, 1.165) is 0 Å². The average molecular weight is 228 g/mol. The van der Waals surface area contributed by atoms with Crippen LogP contribution in [0, 0.1) is 0 Å². The van der Waals surface area contributed by atoms with E-state index in [1.165, 1.54) is 13.0 Å². The highest BCUT2D eigenvalue weighted by atomic mass is 16.5. The van der Waals surface area contributed by atoms with Crippen molar-refractivity contribution in [2.24, 2.45) is 0 Å². The van der Waals surface area contributed by atoms with Gasteiger partial charge in [0.15, 0.2) is 0 Å². The smallest absolute Gasteiger partial charge is 0.374 e. The monoisotopic (exact) mass is 228 g/mol. The van der Waals surface area contributed by atoms with Gasteiger partial charge in [-0.3, -0.25) is 4.79 Å². The first-order valence-electron chi connectivity index (χ1n) is 4.59. The van der Waals surface area contributed by atoms with E-state index in [1.807, 2.05) is 0 Å². The molecule has 1 aromatic heterocycles. The maximum atomic E-state index is 10.7. The number of carboxylic acid groups (broad SMARTS) is 1. The van der Waals surface area contributed by atoms with Crippen LogP contribution in [0.3, 0.4) is 0 Å². The quantitative estimate of drug-likeness (QED) is 0.750. The Morgan fingerprint density at radius 3 is 2.88 bits per heavy atom. The van der Waals surface area contributed by atoms with Crippen molar-refractivity contribution in [1.82, 2.24) is 10.5 Å². The minimum atomic E-state index is -1.21. The summed E-state index contributed by atoms with van der Waals surface area (Å²) in [5.41, 5.74) is 0. The van der Waals surface area contributed by atoms with Gasteiger partial charge in [0.05, 0.1) is 12.1 Å². The summed E-state index contributed by atoms with van der Waals surface area (Å²) in [5, 5.41) is 14.5. The summed E-state index contributed by atoms with van der Waals surface area (Å²) < 4.78 is 9.59. The predicted octanol–water partition coefficient (Wildman–Crippen LogP) is 0.276. The summed E-state index contributed by atoms with van der Waals surface area (Å²) in [6, 6.07) is 0.977. The predicted molar refractivity (Wildman–Crippen MR) is 52.2 cm³/mol. The third-order valence-corrected chi connectivity index (χ3v) is 1.63. The Labute approximate surface area is 91.4 Å². The van der Waals surface area contributed by atoms with Crippen LogP contribution in [0.5, 0.6) is 5.88 Å². The van der Waals surface area contributed by atoms with Crippen molar-refractivity contribution in [3.8, 4) is 5.88 Å². The number of hydrogen-bond acceptors (Lipinski definition) is 5. The van der Waals surface area contributed by atoms with Crippen LogP contribution in [0.1, 0.15) is 24.4 Å². The van der Waals surface area contributed by atoms with E-state index >= 15 is 0 Å². The first kappa shape index (κ1) is 12.0. The lowest BCUT2D eigenvalue weighted by atomic mass is 10.3. The number of aromatic nitrogens is 1. The van der Waals surface area contributed by atoms with Crippen molar-refractivity contribution < 1.29 is 24.0 Å².